The van der Waals surface area contributed by atoms with E-state index in [1.54, 1.807) is 0 Å². The molecule has 0 N–H and O–H groups in total. The topological polar surface area (TPSA) is 0 Å². The van der Waals surface area contributed by atoms with Crippen LogP contribution in [0.5, 0.6) is 0 Å². The molecule has 0 nitrogen and oxygen atoms in total. The van der Waals surface area contributed by atoms with Crippen LogP contribution >= 0.6 is 15.9 Å². The maximum Gasteiger partial charge on any atom is 0.0306 e. The lowest BCUT2D eigenvalue weighted by Crippen LogP contribution is -1.82. The van der Waals surface area contributed by atoms with E-state index in [9.17, 15) is 0 Å². The molecule has 0 aliphatic heterocycles. The number of hydrogen-bond donors (Lipinski definition) is 0. The molecule has 1 heteroatoms. The van der Waals surface area contributed by atoms with E-state index in [1.165, 1.54) is 0 Å². The van der Waals surface area contributed by atoms with Crippen LogP contribution in [0.15, 0.2) is 0 Å². The monoisotopic (exact) mass is 143 g/mol. The average Bonchev–Trinajstić information content (AvgIpc) is 1.81. The summed E-state index contributed by atoms with van der Waals surface area (Å²) in [6.07, 6.45) is 0. The lowest BCUT2D eigenvalue weighted by Gasteiger charge is -1.88. The molecule has 0 fully saturated rings. The number of rotatable bonds is 1. The van der Waals surface area contributed by atoms with Gasteiger partial charge in [0.05, 0.1) is 0 Å². The van der Waals surface area contributed by atoms with Gasteiger partial charge in [0, 0.05) is 14.9 Å². The fourth-order valence-electron chi connectivity index (χ4n) is 0. The number of hydrogen-bond acceptors (Lipinski definition) is 0. The maximum atomic E-state index is 7.30. The molecular weight excluding hydrogens is 128 g/mol. The second-order valence-corrected chi connectivity index (χ2v) is 1.17. The first-order valence-electron chi connectivity index (χ1n) is 4.62. The summed E-state index contributed by atoms with van der Waals surface area (Å²) in [5, 5.41) is -0.396. The van der Waals surface area contributed by atoms with Gasteiger partial charge < -0.3 is 0 Å². The summed E-state index contributed by atoms with van der Waals surface area (Å²) in [4.78, 5) is 0. The second-order valence-electron chi connectivity index (χ2n) is 0.612. The van der Waals surface area contributed by atoms with Crippen molar-refractivity contribution in [3.8, 4) is 0 Å². The smallest absolute Gasteiger partial charge is 0.0306 e. The summed E-state index contributed by atoms with van der Waals surface area (Å²) in [6, 6.07) is 0. The molecule has 0 saturated heterocycles. The van der Waals surface area contributed by atoms with Gasteiger partial charge in [-0.3, -0.25) is 0 Å². The molecule has 5 heavy (non-hydrogen) atoms. The van der Waals surface area contributed by atoms with Gasteiger partial charge in [-0.1, -0.05) is 29.6 Å². The van der Waals surface area contributed by atoms with Crippen LogP contribution in [0.4, 0.5) is 0 Å². The van der Waals surface area contributed by atoms with Crippen LogP contribution in [0.1, 0.15) is 23.3 Å². The van der Waals surface area contributed by atoms with Crippen molar-refractivity contribution in [1.82, 2.24) is 0 Å². The van der Waals surface area contributed by atoms with Crippen LogP contribution in [0.2, 0.25) is 0 Å². The van der Waals surface area contributed by atoms with Crippen molar-refractivity contribution in [2.45, 2.75) is 13.7 Å². The molecule has 0 unspecified atom stereocenters. The van der Waals surface area contributed by atoms with Crippen LogP contribution in [-0.4, -0.2) is 5.33 Å². The zero-order valence-electron chi connectivity index (χ0n) is 9.59. The largest absolute Gasteiger partial charge is 0.0925 e. The van der Waals surface area contributed by atoms with E-state index in [0.717, 1.165) is 0 Å². The standard InChI is InChI=1S/C4H9Br/c1-4(2)3-5/h4H,3H2,1-2H3/i1D3,2D3,4D. The lowest BCUT2D eigenvalue weighted by molar-refractivity contribution is 0.756. The van der Waals surface area contributed by atoms with Crippen molar-refractivity contribution in [2.75, 3.05) is 5.33 Å². The molecule has 0 aliphatic rings. The first-order valence-corrected chi connectivity index (χ1v) is 2.24. The molecule has 0 aromatic carbocycles. The number of alkyl halides is 1. The second kappa shape index (κ2) is 2.70. The Kier molecular flexibility index (Phi) is 0.451. The molecule has 0 aromatic heterocycles. The molecule has 0 rings (SSSR count). The van der Waals surface area contributed by atoms with E-state index in [-0.39, 0.29) is 0 Å². The van der Waals surface area contributed by atoms with Gasteiger partial charge in [-0.2, -0.15) is 0 Å². The molecule has 0 amide bonds. The zero-order chi connectivity index (χ0) is 10.2. The van der Waals surface area contributed by atoms with Gasteiger partial charge in [0.1, 0.15) is 0 Å². The highest BCUT2D eigenvalue weighted by molar-refractivity contribution is 9.09. The van der Waals surface area contributed by atoms with E-state index in [1.807, 2.05) is 0 Å². The first kappa shape index (κ1) is 0.835. The highest BCUT2D eigenvalue weighted by Crippen LogP contribution is 1.94. The first-order chi connectivity index (χ1) is 5.06. The van der Waals surface area contributed by atoms with Crippen LogP contribution in [0.25, 0.3) is 0 Å². The van der Waals surface area contributed by atoms with Crippen LogP contribution in [0.3, 0.4) is 0 Å². The molecule has 32 valence electrons. The molecule has 0 aromatic rings. The minimum atomic E-state index is -2.80. The van der Waals surface area contributed by atoms with Crippen LogP contribution < -0.4 is 0 Å². The molecular formula is C4H9Br. The van der Waals surface area contributed by atoms with Gasteiger partial charge in [-0.15, -0.1) is 0 Å². The Bertz CT molecular complexity index is 142. The van der Waals surface area contributed by atoms with Gasteiger partial charge in [0.2, 0.25) is 0 Å². The summed E-state index contributed by atoms with van der Waals surface area (Å²) in [5.74, 6) is -2.42. The van der Waals surface area contributed by atoms with Crippen molar-refractivity contribution in [1.29, 1.82) is 0 Å². The number of halogens is 1. The van der Waals surface area contributed by atoms with E-state index < -0.39 is 24.9 Å². The van der Waals surface area contributed by atoms with E-state index in [2.05, 4.69) is 15.9 Å². The van der Waals surface area contributed by atoms with Gasteiger partial charge in [0.15, 0.2) is 0 Å². The summed E-state index contributed by atoms with van der Waals surface area (Å²) in [7, 11) is 0. The SMILES string of the molecule is [2H]C([2H])([2H])C([2H])(CBr)C([2H])([2H])[2H]. The molecule has 0 bridgehead atoms. The Morgan fingerprint density at radius 3 is 2.80 bits per heavy atom. The molecule has 0 saturated carbocycles. The van der Waals surface area contributed by atoms with Crippen LogP contribution in [0, 0.1) is 5.89 Å². The van der Waals surface area contributed by atoms with Crippen molar-refractivity contribution < 1.29 is 9.60 Å². The minimum absolute atomic E-state index is 0.396. The molecule has 0 heterocycles. The highest BCUT2D eigenvalue weighted by Gasteiger charge is 1.81. The zero-order valence-corrected chi connectivity index (χ0v) is 4.17. The predicted molar refractivity (Wildman–Crippen MR) is 28.6 cm³/mol. The van der Waals surface area contributed by atoms with E-state index in [4.69, 9.17) is 9.60 Å². The quantitative estimate of drug-likeness (QED) is 0.494. The summed E-state index contributed by atoms with van der Waals surface area (Å²) in [5.41, 5.74) is 0. The normalized spacial score (nSPS) is 37.4. The van der Waals surface area contributed by atoms with Crippen molar-refractivity contribution in [2.24, 2.45) is 5.89 Å². The highest BCUT2D eigenvalue weighted by atomic mass is 79.9. The van der Waals surface area contributed by atoms with E-state index >= 15 is 0 Å². The minimum Gasteiger partial charge on any atom is -0.0925 e. The molecule has 0 radical (unpaired) electrons. The summed E-state index contributed by atoms with van der Waals surface area (Å²) >= 11 is 2.74. The maximum absolute atomic E-state index is 7.30. The van der Waals surface area contributed by atoms with Gasteiger partial charge in [-0.25, -0.2) is 0 Å². The Morgan fingerprint density at radius 2 is 2.80 bits per heavy atom. The Hall–Kier alpha value is 0.480. The van der Waals surface area contributed by atoms with Crippen molar-refractivity contribution in [3.63, 3.8) is 0 Å². The van der Waals surface area contributed by atoms with Gasteiger partial charge in [0.25, 0.3) is 0 Å². The van der Waals surface area contributed by atoms with Crippen molar-refractivity contribution >= 4 is 15.9 Å². The van der Waals surface area contributed by atoms with Gasteiger partial charge in [-0.05, 0) is 5.89 Å². The fourth-order valence-corrected chi connectivity index (χ4v) is 0. The molecule has 0 spiro atoms. The van der Waals surface area contributed by atoms with Crippen molar-refractivity contribution in [3.05, 3.63) is 0 Å². The van der Waals surface area contributed by atoms with Crippen LogP contribution in [-0.2, 0) is 0 Å². The molecule has 0 aliphatic carbocycles. The average molecular weight is 144 g/mol. The third kappa shape index (κ3) is 4.48. The third-order valence-corrected chi connectivity index (χ3v) is 0.694. The van der Waals surface area contributed by atoms with E-state index in [0.29, 0.717) is 0 Å². The Balaban J connectivity index is 4.95. The van der Waals surface area contributed by atoms with Gasteiger partial charge >= 0.3 is 0 Å². The summed E-state index contributed by atoms with van der Waals surface area (Å²) in [6.45, 7) is -5.61. The lowest BCUT2D eigenvalue weighted by atomic mass is 10.3. The third-order valence-electron chi connectivity index (χ3n) is 0.134. The molecule has 0 atom stereocenters. The summed E-state index contributed by atoms with van der Waals surface area (Å²) < 4.78 is 48.7. The Morgan fingerprint density at radius 1 is 2.20 bits per heavy atom. The Labute approximate surface area is 51.5 Å². The fraction of sp³-hybridized carbons (Fsp3) is 1.00. The predicted octanol–water partition coefficient (Wildman–Crippen LogP) is 2.04.